The van der Waals surface area contributed by atoms with Crippen LogP contribution in [0.15, 0.2) is 65.7 Å². The Morgan fingerprint density at radius 1 is 0.975 bits per heavy atom. The summed E-state index contributed by atoms with van der Waals surface area (Å²) in [5, 5.41) is 2.27. The third-order valence-electron chi connectivity index (χ3n) is 7.86. The van der Waals surface area contributed by atoms with Crippen LogP contribution in [-0.4, -0.2) is 65.3 Å². The summed E-state index contributed by atoms with van der Waals surface area (Å²) < 4.78 is 0. The fourth-order valence-corrected chi connectivity index (χ4v) is 5.67. The average molecular weight is 543 g/mol. The lowest BCUT2D eigenvalue weighted by molar-refractivity contribution is -0.147. The van der Waals surface area contributed by atoms with E-state index in [1.165, 1.54) is 5.56 Å². The van der Waals surface area contributed by atoms with Crippen LogP contribution in [0.5, 0.6) is 0 Å². The number of rotatable bonds is 9. The number of guanidine groups is 1. The summed E-state index contributed by atoms with van der Waals surface area (Å²) in [5.41, 5.74) is 21.9. The number of benzene rings is 3. The van der Waals surface area contributed by atoms with E-state index in [1.807, 2.05) is 47.9 Å². The first kappa shape index (κ1) is 29.1. The minimum absolute atomic E-state index is 0.0490. The number of aryl methyl sites for hydroxylation is 2. The Morgan fingerprint density at radius 2 is 1.73 bits per heavy atom. The number of nitrogens with two attached hydrogens (primary N) is 3. The van der Waals surface area contributed by atoms with Gasteiger partial charge in [-0.3, -0.25) is 14.6 Å². The average Bonchev–Trinajstić information content (AvgIpc) is 2.92. The van der Waals surface area contributed by atoms with E-state index in [1.54, 1.807) is 0 Å². The van der Waals surface area contributed by atoms with E-state index >= 15 is 0 Å². The van der Waals surface area contributed by atoms with Crippen molar-refractivity contribution in [1.82, 2.24) is 9.80 Å². The standard InChI is InChI=1S/C32H42N6O2/c1-21-10-12-26(22(2)15-21)18-29(33)31(40)38-19-23(3)37(20-28(38)9-6-14-36-32(34)35)30(39)17-24-11-13-25-7-4-5-8-27(25)16-24/h4-5,7-8,10-13,15-16,23,28-29H,6,9,14,17-20,33H2,1-3H3,(H4,34,35,36)/t23-,28+,29-/m1/s1. The van der Waals surface area contributed by atoms with Crippen LogP contribution in [0.3, 0.4) is 0 Å². The summed E-state index contributed by atoms with van der Waals surface area (Å²) in [7, 11) is 0. The van der Waals surface area contributed by atoms with Crippen LogP contribution in [-0.2, 0) is 22.4 Å². The molecule has 2 amide bonds. The van der Waals surface area contributed by atoms with Gasteiger partial charge in [0.05, 0.1) is 12.5 Å². The van der Waals surface area contributed by atoms with Crippen molar-refractivity contribution in [2.75, 3.05) is 19.6 Å². The van der Waals surface area contributed by atoms with Gasteiger partial charge in [0, 0.05) is 31.7 Å². The summed E-state index contributed by atoms with van der Waals surface area (Å²) >= 11 is 0. The highest BCUT2D eigenvalue weighted by Crippen LogP contribution is 2.23. The highest BCUT2D eigenvalue weighted by molar-refractivity contribution is 5.86. The summed E-state index contributed by atoms with van der Waals surface area (Å²) in [6.07, 6.45) is 2.15. The molecule has 0 spiro atoms. The fraction of sp³-hybridized carbons (Fsp3) is 0.406. The Balaban J connectivity index is 1.48. The number of carbonyl (C=O) groups excluding carboxylic acids is 2. The summed E-state index contributed by atoms with van der Waals surface area (Å²) in [6.45, 7) is 7.47. The number of hydrogen-bond donors (Lipinski definition) is 3. The molecule has 40 heavy (non-hydrogen) atoms. The van der Waals surface area contributed by atoms with Crippen LogP contribution in [0, 0.1) is 13.8 Å². The van der Waals surface area contributed by atoms with Crippen LogP contribution in [0.4, 0.5) is 0 Å². The summed E-state index contributed by atoms with van der Waals surface area (Å²) in [5.74, 6) is 0.0249. The van der Waals surface area contributed by atoms with Crippen LogP contribution in [0.25, 0.3) is 10.8 Å². The van der Waals surface area contributed by atoms with Crippen LogP contribution in [0.2, 0.25) is 0 Å². The second kappa shape index (κ2) is 13.0. The van der Waals surface area contributed by atoms with Crippen molar-refractivity contribution in [2.24, 2.45) is 22.2 Å². The second-order valence-corrected chi connectivity index (χ2v) is 11.1. The highest BCUT2D eigenvalue weighted by atomic mass is 16.2. The van der Waals surface area contributed by atoms with E-state index in [9.17, 15) is 9.59 Å². The molecule has 6 N–H and O–H groups in total. The number of amides is 2. The maximum atomic E-state index is 13.7. The number of carbonyl (C=O) groups is 2. The van der Waals surface area contributed by atoms with E-state index in [-0.39, 0.29) is 29.9 Å². The zero-order valence-corrected chi connectivity index (χ0v) is 23.8. The summed E-state index contributed by atoms with van der Waals surface area (Å²) in [6, 6.07) is 19.6. The van der Waals surface area contributed by atoms with Gasteiger partial charge in [0.2, 0.25) is 11.8 Å². The monoisotopic (exact) mass is 542 g/mol. The van der Waals surface area contributed by atoms with Crippen molar-refractivity contribution in [2.45, 2.75) is 64.6 Å². The Labute approximate surface area is 237 Å². The molecule has 1 heterocycles. The second-order valence-electron chi connectivity index (χ2n) is 11.1. The van der Waals surface area contributed by atoms with Gasteiger partial charge in [-0.15, -0.1) is 0 Å². The predicted octanol–water partition coefficient (Wildman–Crippen LogP) is 3.05. The van der Waals surface area contributed by atoms with Gasteiger partial charge in [-0.2, -0.15) is 0 Å². The molecule has 8 nitrogen and oxygen atoms in total. The number of fused-ring (bicyclic) bond motifs is 1. The van der Waals surface area contributed by atoms with Gasteiger partial charge < -0.3 is 27.0 Å². The zero-order chi connectivity index (χ0) is 28.8. The van der Waals surface area contributed by atoms with Gasteiger partial charge >= 0.3 is 0 Å². The Bertz CT molecular complexity index is 1380. The quantitative estimate of drug-likeness (QED) is 0.217. The molecule has 0 radical (unpaired) electrons. The van der Waals surface area contributed by atoms with Gasteiger partial charge in [0.1, 0.15) is 0 Å². The molecule has 1 aliphatic heterocycles. The third kappa shape index (κ3) is 7.18. The van der Waals surface area contributed by atoms with Crippen molar-refractivity contribution in [3.63, 3.8) is 0 Å². The lowest BCUT2D eigenvalue weighted by Gasteiger charge is -2.46. The Hall–Kier alpha value is -3.91. The number of nitrogens with zero attached hydrogens (tertiary/aromatic N) is 3. The SMILES string of the molecule is Cc1ccc(C[C@@H](N)C(=O)N2C[C@@H](C)N(C(=O)Cc3ccc4ccccc4c3)C[C@@H]2CCCN=C(N)N)c(C)c1. The molecule has 3 atom stereocenters. The maximum absolute atomic E-state index is 13.7. The molecular weight excluding hydrogens is 500 g/mol. The van der Waals surface area contributed by atoms with E-state index in [4.69, 9.17) is 17.2 Å². The summed E-state index contributed by atoms with van der Waals surface area (Å²) in [4.78, 5) is 35.1. The van der Waals surface area contributed by atoms with Crippen molar-refractivity contribution >= 4 is 28.5 Å². The van der Waals surface area contributed by atoms with Gasteiger partial charge in [-0.1, -0.05) is 66.2 Å². The topological polar surface area (TPSA) is 131 Å². The molecule has 8 heteroatoms. The first-order chi connectivity index (χ1) is 19.1. The van der Waals surface area contributed by atoms with E-state index in [2.05, 4.69) is 48.3 Å². The lowest BCUT2D eigenvalue weighted by atomic mass is 9.96. The molecule has 0 aliphatic carbocycles. The van der Waals surface area contributed by atoms with Crippen LogP contribution >= 0.6 is 0 Å². The van der Waals surface area contributed by atoms with E-state index < -0.39 is 6.04 Å². The molecule has 3 aromatic rings. The molecule has 1 aliphatic rings. The molecule has 0 saturated carbocycles. The Morgan fingerprint density at radius 3 is 2.45 bits per heavy atom. The maximum Gasteiger partial charge on any atom is 0.240 e. The highest BCUT2D eigenvalue weighted by Gasteiger charge is 2.37. The minimum Gasteiger partial charge on any atom is -0.370 e. The van der Waals surface area contributed by atoms with Crippen LogP contribution in [0.1, 0.15) is 42.0 Å². The fourth-order valence-electron chi connectivity index (χ4n) is 5.67. The minimum atomic E-state index is -0.659. The molecule has 212 valence electrons. The van der Waals surface area contributed by atoms with Crippen molar-refractivity contribution in [1.29, 1.82) is 0 Å². The van der Waals surface area contributed by atoms with Crippen molar-refractivity contribution in [3.8, 4) is 0 Å². The van der Waals surface area contributed by atoms with Crippen molar-refractivity contribution < 1.29 is 9.59 Å². The zero-order valence-electron chi connectivity index (χ0n) is 23.8. The van der Waals surface area contributed by atoms with Crippen molar-refractivity contribution in [3.05, 3.63) is 82.9 Å². The Kier molecular flexibility index (Phi) is 9.42. The van der Waals surface area contributed by atoms with E-state index in [0.29, 0.717) is 45.3 Å². The molecule has 1 saturated heterocycles. The van der Waals surface area contributed by atoms with Crippen LogP contribution < -0.4 is 17.2 Å². The lowest BCUT2D eigenvalue weighted by Crippen LogP contribution is -2.63. The predicted molar refractivity (Wildman–Crippen MR) is 162 cm³/mol. The van der Waals surface area contributed by atoms with Gasteiger partial charge in [-0.05, 0) is 67.5 Å². The molecule has 0 aromatic heterocycles. The number of aliphatic imine (C=N–C) groups is 1. The molecule has 1 fully saturated rings. The van der Waals surface area contributed by atoms with Gasteiger partial charge in [0.25, 0.3) is 0 Å². The molecule has 0 unspecified atom stereocenters. The molecular formula is C32H42N6O2. The number of hydrogen-bond acceptors (Lipinski definition) is 4. The third-order valence-corrected chi connectivity index (χ3v) is 7.86. The number of piperazine rings is 1. The first-order valence-electron chi connectivity index (χ1n) is 14.1. The molecule has 3 aromatic carbocycles. The van der Waals surface area contributed by atoms with Gasteiger partial charge in [0.15, 0.2) is 5.96 Å². The normalized spacial score (nSPS) is 18.0. The smallest absolute Gasteiger partial charge is 0.240 e. The first-order valence-corrected chi connectivity index (χ1v) is 14.1. The molecule has 0 bridgehead atoms. The van der Waals surface area contributed by atoms with E-state index in [0.717, 1.165) is 27.5 Å². The largest absolute Gasteiger partial charge is 0.370 e. The van der Waals surface area contributed by atoms with Gasteiger partial charge in [-0.25, -0.2) is 0 Å². The molecule has 4 rings (SSSR count).